The summed E-state index contributed by atoms with van der Waals surface area (Å²) in [7, 11) is 0. The minimum atomic E-state index is -0.325. The van der Waals surface area contributed by atoms with Crippen LogP contribution in [0.5, 0.6) is 0 Å². The molecule has 1 saturated heterocycles. The van der Waals surface area contributed by atoms with Crippen molar-refractivity contribution in [2.75, 3.05) is 18.9 Å². The summed E-state index contributed by atoms with van der Waals surface area (Å²) in [4.78, 5) is 4.12. The number of nitrogen functional groups attached to an aromatic ring is 1. The molecule has 4 nitrogen and oxygen atoms in total. The third-order valence-corrected chi connectivity index (χ3v) is 5.19. The molecule has 1 spiro atoms. The molecule has 2 N–H and O–H groups in total. The van der Waals surface area contributed by atoms with Crippen molar-refractivity contribution in [3.8, 4) is 0 Å². The molecule has 2 aliphatic rings. The van der Waals surface area contributed by atoms with Gasteiger partial charge < -0.3 is 15.2 Å². The highest BCUT2D eigenvalue weighted by Crippen LogP contribution is 2.44. The summed E-state index contributed by atoms with van der Waals surface area (Å²) in [5.74, 6) is 0.662. The lowest BCUT2D eigenvalue weighted by Crippen LogP contribution is -2.34. The van der Waals surface area contributed by atoms with Gasteiger partial charge in [-0.1, -0.05) is 11.6 Å². The van der Waals surface area contributed by atoms with Gasteiger partial charge in [0.05, 0.1) is 13.2 Å². The molecule has 1 aromatic heterocycles. The number of aromatic nitrogens is 1. The summed E-state index contributed by atoms with van der Waals surface area (Å²) < 4.78 is 11.6. The van der Waals surface area contributed by atoms with Gasteiger partial charge in [0, 0.05) is 29.4 Å². The molecule has 1 saturated carbocycles. The van der Waals surface area contributed by atoms with E-state index in [2.05, 4.69) is 11.1 Å². The van der Waals surface area contributed by atoms with Crippen molar-refractivity contribution < 1.29 is 9.47 Å². The maximum absolute atomic E-state index is 6.51. The van der Waals surface area contributed by atoms with Crippen molar-refractivity contribution in [1.82, 2.24) is 4.98 Å². The number of anilines is 1. The van der Waals surface area contributed by atoms with Crippen LogP contribution in [0.3, 0.4) is 0 Å². The monoisotopic (exact) mass is 318 g/mol. The largest absolute Gasteiger partial charge is 0.384 e. The molecule has 0 atom stereocenters. The van der Waals surface area contributed by atoms with Crippen LogP contribution in [0, 0.1) is 0 Å². The number of pyridine rings is 1. The predicted octanol–water partition coefficient (Wildman–Crippen LogP) is 3.87. The van der Waals surface area contributed by atoms with Gasteiger partial charge in [-0.25, -0.2) is 4.98 Å². The van der Waals surface area contributed by atoms with E-state index in [0.717, 1.165) is 41.5 Å². The summed E-state index contributed by atoms with van der Waals surface area (Å²) in [5.41, 5.74) is 6.99. The van der Waals surface area contributed by atoms with E-state index < -0.39 is 0 Å². The first kappa shape index (κ1) is 14.2. The Bertz CT molecular complexity index is 703. The first-order valence-corrected chi connectivity index (χ1v) is 8.16. The molecular formula is C17H19ClN2O2. The Morgan fingerprint density at radius 1 is 1.09 bits per heavy atom. The number of fused-ring (bicyclic) bond motifs is 1. The van der Waals surface area contributed by atoms with Gasteiger partial charge in [0.2, 0.25) is 0 Å². The molecule has 0 unspecified atom stereocenters. The van der Waals surface area contributed by atoms with E-state index >= 15 is 0 Å². The average Bonchev–Trinajstić information content (AvgIpc) is 2.96. The molecule has 4 rings (SSSR count). The van der Waals surface area contributed by atoms with Crippen LogP contribution in [0.4, 0.5) is 5.82 Å². The molecule has 2 fully saturated rings. The normalized spacial score (nSPS) is 21.7. The Morgan fingerprint density at radius 2 is 1.82 bits per heavy atom. The topological polar surface area (TPSA) is 57.4 Å². The van der Waals surface area contributed by atoms with E-state index in [0.29, 0.717) is 24.9 Å². The highest BCUT2D eigenvalue weighted by molar-refractivity contribution is 6.32. The Hall–Kier alpha value is -1.36. The zero-order valence-electron chi connectivity index (χ0n) is 12.3. The summed E-state index contributed by atoms with van der Waals surface area (Å²) in [6, 6.07) is 6.06. The van der Waals surface area contributed by atoms with Crippen LogP contribution in [0.15, 0.2) is 24.4 Å². The fraction of sp³-hybridized carbons (Fsp3) is 0.471. The molecule has 2 aromatic rings. The van der Waals surface area contributed by atoms with Crippen molar-refractivity contribution in [1.29, 1.82) is 0 Å². The highest BCUT2D eigenvalue weighted by atomic mass is 35.5. The summed E-state index contributed by atoms with van der Waals surface area (Å²) in [6.45, 7) is 1.43. The number of nitrogens with two attached hydrogens (primary N) is 1. The molecule has 1 aliphatic heterocycles. The lowest BCUT2D eigenvalue weighted by atomic mass is 9.80. The molecule has 1 aliphatic carbocycles. The molecular weight excluding hydrogens is 300 g/mol. The van der Waals surface area contributed by atoms with Crippen LogP contribution in [-0.4, -0.2) is 24.0 Å². The van der Waals surface area contributed by atoms with Crippen molar-refractivity contribution in [3.05, 3.63) is 35.0 Å². The first-order chi connectivity index (χ1) is 10.7. The Labute approximate surface area is 134 Å². The van der Waals surface area contributed by atoms with Crippen molar-refractivity contribution >= 4 is 28.2 Å². The van der Waals surface area contributed by atoms with E-state index in [1.165, 1.54) is 5.56 Å². The molecule has 0 radical (unpaired) electrons. The van der Waals surface area contributed by atoms with Crippen molar-refractivity contribution in [3.63, 3.8) is 0 Å². The number of nitrogens with zero attached hydrogens (tertiary/aromatic N) is 1. The van der Waals surface area contributed by atoms with Crippen LogP contribution in [0.2, 0.25) is 5.02 Å². The summed E-state index contributed by atoms with van der Waals surface area (Å²) in [5, 5.41) is 2.94. The van der Waals surface area contributed by atoms with Crippen molar-refractivity contribution in [2.45, 2.75) is 37.4 Å². The SMILES string of the molecule is Nc1cc2cc(C3CCC4(CC3)OCCO4)c(Cl)cc2cn1. The minimum absolute atomic E-state index is 0.325. The van der Waals surface area contributed by atoms with Gasteiger partial charge in [0.15, 0.2) is 5.79 Å². The number of benzene rings is 1. The van der Waals surface area contributed by atoms with Gasteiger partial charge in [-0.3, -0.25) is 0 Å². The minimum Gasteiger partial charge on any atom is -0.384 e. The lowest BCUT2D eigenvalue weighted by molar-refractivity contribution is -0.178. The van der Waals surface area contributed by atoms with Gasteiger partial charge in [0.1, 0.15) is 5.82 Å². The second-order valence-electron chi connectivity index (χ2n) is 6.21. The van der Waals surface area contributed by atoms with Crippen LogP contribution in [0.25, 0.3) is 10.8 Å². The van der Waals surface area contributed by atoms with E-state index in [1.807, 2.05) is 12.1 Å². The second-order valence-corrected chi connectivity index (χ2v) is 6.62. The number of ether oxygens (including phenoxy) is 2. The van der Waals surface area contributed by atoms with Gasteiger partial charge >= 0.3 is 0 Å². The van der Waals surface area contributed by atoms with Gasteiger partial charge in [0.25, 0.3) is 0 Å². The van der Waals surface area contributed by atoms with E-state index in [-0.39, 0.29) is 5.79 Å². The number of rotatable bonds is 1. The Kier molecular flexibility index (Phi) is 3.48. The zero-order chi connectivity index (χ0) is 15.2. The van der Waals surface area contributed by atoms with Gasteiger partial charge in [-0.2, -0.15) is 0 Å². The predicted molar refractivity (Wildman–Crippen MR) is 87.0 cm³/mol. The maximum atomic E-state index is 6.51. The molecule has 5 heteroatoms. The summed E-state index contributed by atoms with van der Waals surface area (Å²) in [6.07, 6.45) is 5.71. The maximum Gasteiger partial charge on any atom is 0.168 e. The quantitative estimate of drug-likeness (QED) is 0.867. The Morgan fingerprint density at radius 3 is 2.55 bits per heavy atom. The zero-order valence-corrected chi connectivity index (χ0v) is 13.1. The van der Waals surface area contributed by atoms with Crippen LogP contribution in [0.1, 0.15) is 37.2 Å². The standard InChI is InChI=1S/C17H19ClN2O2/c18-15-8-13-10-20-16(19)9-12(13)7-14(15)11-1-3-17(4-2-11)21-5-6-22-17/h7-11H,1-6H2,(H2,19,20). The third kappa shape index (κ3) is 2.45. The molecule has 22 heavy (non-hydrogen) atoms. The number of hydrogen-bond acceptors (Lipinski definition) is 4. The van der Waals surface area contributed by atoms with E-state index in [1.54, 1.807) is 6.20 Å². The molecule has 0 bridgehead atoms. The molecule has 0 amide bonds. The van der Waals surface area contributed by atoms with Crippen molar-refractivity contribution in [2.24, 2.45) is 0 Å². The van der Waals surface area contributed by atoms with Crippen LogP contribution < -0.4 is 5.73 Å². The average molecular weight is 319 g/mol. The fourth-order valence-electron chi connectivity index (χ4n) is 3.67. The van der Waals surface area contributed by atoms with E-state index in [4.69, 9.17) is 26.8 Å². The Balaban J connectivity index is 1.62. The molecule has 116 valence electrons. The van der Waals surface area contributed by atoms with Gasteiger partial charge in [-0.15, -0.1) is 0 Å². The van der Waals surface area contributed by atoms with Crippen LogP contribution >= 0.6 is 11.6 Å². The smallest absolute Gasteiger partial charge is 0.168 e. The van der Waals surface area contributed by atoms with E-state index in [9.17, 15) is 0 Å². The second kappa shape index (κ2) is 5.37. The summed E-state index contributed by atoms with van der Waals surface area (Å²) >= 11 is 6.51. The first-order valence-electron chi connectivity index (χ1n) is 7.78. The molecule has 1 aromatic carbocycles. The lowest BCUT2D eigenvalue weighted by Gasteiger charge is -2.35. The fourth-order valence-corrected chi connectivity index (χ4v) is 3.99. The highest BCUT2D eigenvalue weighted by Gasteiger charge is 2.40. The number of hydrogen-bond donors (Lipinski definition) is 1. The molecule has 2 heterocycles. The third-order valence-electron chi connectivity index (χ3n) is 4.86. The van der Waals surface area contributed by atoms with Crippen LogP contribution in [-0.2, 0) is 9.47 Å². The number of halogens is 1. The van der Waals surface area contributed by atoms with Gasteiger partial charge in [-0.05, 0) is 47.9 Å².